The molecule has 3 rings (SSSR count). The van der Waals surface area contributed by atoms with Gasteiger partial charge in [0.05, 0.1) is 12.1 Å². The Labute approximate surface area is 144 Å². The molecule has 5 heteroatoms. The van der Waals surface area contributed by atoms with Crippen molar-refractivity contribution < 1.29 is 9.53 Å². The van der Waals surface area contributed by atoms with Crippen molar-refractivity contribution in [2.75, 3.05) is 31.1 Å². The SMILES string of the molecule is C[C@H](NC(=O)NCC[C@H]1CCCO1)c1cccc(N2CCCC2)c1. The number of urea groups is 1. The summed E-state index contributed by atoms with van der Waals surface area (Å²) in [5.74, 6) is 0. The van der Waals surface area contributed by atoms with Crippen molar-refractivity contribution in [1.82, 2.24) is 10.6 Å². The van der Waals surface area contributed by atoms with Crippen LogP contribution in [0.25, 0.3) is 0 Å². The van der Waals surface area contributed by atoms with Gasteiger partial charge in [0, 0.05) is 31.9 Å². The van der Waals surface area contributed by atoms with E-state index >= 15 is 0 Å². The fourth-order valence-corrected chi connectivity index (χ4v) is 3.52. The maximum Gasteiger partial charge on any atom is 0.315 e. The molecule has 2 heterocycles. The number of carbonyl (C=O) groups is 1. The van der Waals surface area contributed by atoms with Gasteiger partial charge in [-0.15, -0.1) is 0 Å². The maximum atomic E-state index is 12.1. The second kappa shape index (κ2) is 8.38. The molecule has 0 spiro atoms. The van der Waals surface area contributed by atoms with Crippen LogP contribution in [-0.2, 0) is 4.74 Å². The molecule has 24 heavy (non-hydrogen) atoms. The molecular formula is C19H29N3O2. The molecular weight excluding hydrogens is 302 g/mol. The zero-order valence-electron chi connectivity index (χ0n) is 14.6. The van der Waals surface area contributed by atoms with E-state index in [1.54, 1.807) is 0 Å². The van der Waals surface area contributed by atoms with Crippen LogP contribution in [-0.4, -0.2) is 38.4 Å². The quantitative estimate of drug-likeness (QED) is 0.841. The van der Waals surface area contributed by atoms with E-state index in [0.717, 1.165) is 44.5 Å². The molecule has 0 bridgehead atoms. The number of nitrogens with zero attached hydrogens (tertiary/aromatic N) is 1. The maximum absolute atomic E-state index is 12.1. The number of hydrogen-bond acceptors (Lipinski definition) is 3. The minimum absolute atomic E-state index is 0.00437. The lowest BCUT2D eigenvalue weighted by atomic mass is 10.1. The van der Waals surface area contributed by atoms with Crippen LogP contribution in [0.5, 0.6) is 0 Å². The Hall–Kier alpha value is -1.75. The molecule has 1 aromatic carbocycles. The third-order valence-corrected chi connectivity index (χ3v) is 4.96. The summed E-state index contributed by atoms with van der Waals surface area (Å²) < 4.78 is 5.57. The van der Waals surface area contributed by atoms with Gasteiger partial charge < -0.3 is 20.3 Å². The van der Waals surface area contributed by atoms with Gasteiger partial charge in [-0.2, -0.15) is 0 Å². The van der Waals surface area contributed by atoms with Crippen molar-refractivity contribution in [3.63, 3.8) is 0 Å². The molecule has 0 aliphatic carbocycles. The minimum Gasteiger partial charge on any atom is -0.378 e. The van der Waals surface area contributed by atoms with Crippen molar-refractivity contribution in [1.29, 1.82) is 0 Å². The van der Waals surface area contributed by atoms with Gasteiger partial charge in [-0.1, -0.05) is 12.1 Å². The second-order valence-corrected chi connectivity index (χ2v) is 6.83. The molecule has 2 amide bonds. The van der Waals surface area contributed by atoms with Crippen LogP contribution >= 0.6 is 0 Å². The summed E-state index contributed by atoms with van der Waals surface area (Å²) in [5.41, 5.74) is 2.41. The van der Waals surface area contributed by atoms with E-state index in [2.05, 4.69) is 39.8 Å². The molecule has 0 unspecified atom stereocenters. The van der Waals surface area contributed by atoms with Crippen molar-refractivity contribution in [3.8, 4) is 0 Å². The molecule has 0 radical (unpaired) electrons. The lowest BCUT2D eigenvalue weighted by Crippen LogP contribution is -2.38. The van der Waals surface area contributed by atoms with E-state index in [4.69, 9.17) is 4.74 Å². The highest BCUT2D eigenvalue weighted by Gasteiger charge is 2.17. The molecule has 0 aromatic heterocycles. The summed E-state index contributed by atoms with van der Waals surface area (Å²) in [6, 6.07) is 8.40. The average molecular weight is 331 g/mol. The average Bonchev–Trinajstić information content (AvgIpc) is 3.29. The Morgan fingerprint density at radius 3 is 2.92 bits per heavy atom. The molecule has 2 aliphatic heterocycles. The Bertz CT molecular complexity index is 537. The summed E-state index contributed by atoms with van der Waals surface area (Å²) in [6.45, 7) is 5.82. The van der Waals surface area contributed by atoms with Gasteiger partial charge in [-0.3, -0.25) is 0 Å². The summed E-state index contributed by atoms with van der Waals surface area (Å²) in [4.78, 5) is 14.5. The summed E-state index contributed by atoms with van der Waals surface area (Å²) >= 11 is 0. The van der Waals surface area contributed by atoms with Crippen LogP contribution in [0.4, 0.5) is 10.5 Å². The fourth-order valence-electron chi connectivity index (χ4n) is 3.52. The molecule has 1 aromatic rings. The van der Waals surface area contributed by atoms with Crippen molar-refractivity contribution >= 4 is 11.7 Å². The highest BCUT2D eigenvalue weighted by Crippen LogP contribution is 2.23. The number of nitrogens with one attached hydrogen (secondary N) is 2. The van der Waals surface area contributed by atoms with E-state index in [1.165, 1.54) is 18.5 Å². The number of rotatable bonds is 6. The van der Waals surface area contributed by atoms with E-state index < -0.39 is 0 Å². The summed E-state index contributed by atoms with van der Waals surface area (Å²) in [5, 5.41) is 5.97. The van der Waals surface area contributed by atoms with Crippen molar-refractivity contribution in [2.45, 2.75) is 51.2 Å². The molecule has 0 saturated carbocycles. The number of hydrogen-bond donors (Lipinski definition) is 2. The molecule has 2 fully saturated rings. The van der Waals surface area contributed by atoms with Crippen LogP contribution in [0.3, 0.4) is 0 Å². The standard InChI is InChI=1S/C19H29N3O2/c1-15(21-19(23)20-10-9-18-8-5-13-24-18)16-6-4-7-17(14-16)22-11-2-3-12-22/h4,6-7,14-15,18H,2-3,5,8-13H2,1H3,(H2,20,21,23)/t15-,18+/m0/s1. The van der Waals surface area contributed by atoms with Gasteiger partial charge in [0.25, 0.3) is 0 Å². The van der Waals surface area contributed by atoms with Gasteiger partial charge >= 0.3 is 6.03 Å². The lowest BCUT2D eigenvalue weighted by molar-refractivity contribution is 0.104. The monoisotopic (exact) mass is 331 g/mol. The highest BCUT2D eigenvalue weighted by molar-refractivity contribution is 5.74. The topological polar surface area (TPSA) is 53.6 Å². The third-order valence-electron chi connectivity index (χ3n) is 4.96. The first kappa shape index (κ1) is 17.1. The molecule has 2 N–H and O–H groups in total. The summed E-state index contributed by atoms with van der Waals surface area (Å²) in [7, 11) is 0. The summed E-state index contributed by atoms with van der Waals surface area (Å²) in [6.07, 6.45) is 6.01. The smallest absolute Gasteiger partial charge is 0.315 e. The van der Waals surface area contributed by atoms with Crippen LogP contribution in [0, 0.1) is 0 Å². The molecule has 5 nitrogen and oxygen atoms in total. The highest BCUT2D eigenvalue weighted by atomic mass is 16.5. The first-order valence-corrected chi connectivity index (χ1v) is 9.23. The Morgan fingerprint density at radius 1 is 1.33 bits per heavy atom. The van der Waals surface area contributed by atoms with E-state index in [-0.39, 0.29) is 12.1 Å². The Kier molecular flexibility index (Phi) is 5.96. The van der Waals surface area contributed by atoms with Gasteiger partial charge in [-0.25, -0.2) is 4.79 Å². The van der Waals surface area contributed by atoms with Crippen LogP contribution in [0.1, 0.15) is 50.6 Å². The van der Waals surface area contributed by atoms with Gasteiger partial charge in [0.1, 0.15) is 0 Å². The normalized spacial score (nSPS) is 21.7. The Morgan fingerprint density at radius 2 is 2.17 bits per heavy atom. The van der Waals surface area contributed by atoms with Crippen molar-refractivity contribution in [2.24, 2.45) is 0 Å². The predicted octanol–water partition coefficient (Wildman–Crippen LogP) is 3.22. The van der Waals surface area contributed by atoms with Crippen LogP contribution < -0.4 is 15.5 Å². The largest absolute Gasteiger partial charge is 0.378 e. The molecule has 132 valence electrons. The minimum atomic E-state index is -0.105. The lowest BCUT2D eigenvalue weighted by Gasteiger charge is -2.21. The zero-order chi connectivity index (χ0) is 16.8. The van der Waals surface area contributed by atoms with Crippen LogP contribution in [0.15, 0.2) is 24.3 Å². The second-order valence-electron chi connectivity index (χ2n) is 6.83. The first-order valence-electron chi connectivity index (χ1n) is 9.23. The van der Waals surface area contributed by atoms with Crippen LogP contribution in [0.2, 0.25) is 0 Å². The van der Waals surface area contributed by atoms with Gasteiger partial charge in [0.15, 0.2) is 0 Å². The number of ether oxygens (including phenoxy) is 1. The van der Waals surface area contributed by atoms with E-state index in [1.807, 2.05) is 6.92 Å². The van der Waals surface area contributed by atoms with Gasteiger partial charge in [0.2, 0.25) is 0 Å². The number of anilines is 1. The van der Waals surface area contributed by atoms with E-state index in [9.17, 15) is 4.79 Å². The predicted molar refractivity (Wildman–Crippen MR) is 96.4 cm³/mol. The van der Waals surface area contributed by atoms with Gasteiger partial charge in [-0.05, 0) is 56.7 Å². The number of benzene rings is 1. The zero-order valence-corrected chi connectivity index (χ0v) is 14.6. The molecule has 2 aliphatic rings. The third kappa shape index (κ3) is 4.63. The fraction of sp³-hybridized carbons (Fsp3) is 0.632. The molecule has 2 saturated heterocycles. The first-order chi connectivity index (χ1) is 11.7. The number of carbonyl (C=O) groups excluding carboxylic acids is 1. The number of amides is 2. The Balaban J connectivity index is 1.45. The van der Waals surface area contributed by atoms with Crippen molar-refractivity contribution in [3.05, 3.63) is 29.8 Å². The van der Waals surface area contributed by atoms with E-state index in [0.29, 0.717) is 12.6 Å². The molecule has 2 atom stereocenters.